The Kier molecular flexibility index (Phi) is 3.53. The van der Waals surface area contributed by atoms with Gasteiger partial charge in [-0.05, 0) is 25.8 Å². The third-order valence-corrected chi connectivity index (χ3v) is 3.34. The molecule has 0 spiro atoms. The highest BCUT2D eigenvalue weighted by atomic mass is 16.4. The van der Waals surface area contributed by atoms with Crippen molar-refractivity contribution in [1.29, 1.82) is 0 Å². The lowest BCUT2D eigenvalue weighted by Gasteiger charge is -2.22. The largest absolute Gasteiger partial charge is 0.481 e. The number of aliphatic carboxylic acids is 1. The average molecular weight is 199 g/mol. The van der Waals surface area contributed by atoms with E-state index < -0.39 is 11.4 Å². The minimum Gasteiger partial charge on any atom is -0.481 e. The molecule has 0 radical (unpaired) electrons. The number of hydrogen-bond donors (Lipinski definition) is 1. The second-order valence-electron chi connectivity index (χ2n) is 4.86. The molecule has 1 saturated heterocycles. The van der Waals surface area contributed by atoms with E-state index in [-0.39, 0.29) is 0 Å². The molecule has 3 nitrogen and oxygen atoms in total. The SMILES string of the molecule is CCC(C)CN1CCC(C)(C(=O)O)C1. The lowest BCUT2D eigenvalue weighted by molar-refractivity contribution is -0.147. The Balaban J connectivity index is 2.45. The lowest BCUT2D eigenvalue weighted by Crippen LogP contribution is -2.33. The van der Waals surface area contributed by atoms with Crippen LogP contribution in [0.2, 0.25) is 0 Å². The molecule has 14 heavy (non-hydrogen) atoms. The van der Waals surface area contributed by atoms with E-state index in [0.717, 1.165) is 19.5 Å². The third kappa shape index (κ3) is 2.47. The van der Waals surface area contributed by atoms with E-state index in [4.69, 9.17) is 5.11 Å². The summed E-state index contributed by atoms with van der Waals surface area (Å²) in [6, 6.07) is 0. The van der Waals surface area contributed by atoms with Crippen molar-refractivity contribution in [2.45, 2.75) is 33.6 Å². The van der Waals surface area contributed by atoms with Gasteiger partial charge < -0.3 is 10.0 Å². The van der Waals surface area contributed by atoms with Gasteiger partial charge in [-0.2, -0.15) is 0 Å². The van der Waals surface area contributed by atoms with E-state index in [1.54, 1.807) is 0 Å². The molecule has 1 aliphatic rings. The molecule has 1 heterocycles. The van der Waals surface area contributed by atoms with Crippen molar-refractivity contribution in [3.63, 3.8) is 0 Å². The Bertz CT molecular complexity index is 217. The summed E-state index contributed by atoms with van der Waals surface area (Å²) >= 11 is 0. The van der Waals surface area contributed by atoms with Crippen LogP contribution in [0.4, 0.5) is 0 Å². The molecule has 0 bridgehead atoms. The second-order valence-corrected chi connectivity index (χ2v) is 4.86. The average Bonchev–Trinajstić information content (AvgIpc) is 2.49. The van der Waals surface area contributed by atoms with Crippen molar-refractivity contribution in [3.8, 4) is 0 Å². The predicted octanol–water partition coefficient (Wildman–Crippen LogP) is 1.83. The van der Waals surface area contributed by atoms with Gasteiger partial charge in [0, 0.05) is 13.1 Å². The fourth-order valence-corrected chi connectivity index (χ4v) is 1.96. The van der Waals surface area contributed by atoms with Gasteiger partial charge in [0.1, 0.15) is 0 Å². The molecule has 1 N–H and O–H groups in total. The zero-order chi connectivity index (χ0) is 10.8. The first-order valence-corrected chi connectivity index (χ1v) is 5.43. The highest BCUT2D eigenvalue weighted by molar-refractivity contribution is 5.74. The fraction of sp³-hybridized carbons (Fsp3) is 0.909. The maximum absolute atomic E-state index is 11.0. The van der Waals surface area contributed by atoms with Crippen LogP contribution in [-0.4, -0.2) is 35.6 Å². The molecule has 0 saturated carbocycles. The molecule has 3 heteroatoms. The summed E-state index contributed by atoms with van der Waals surface area (Å²) in [6.45, 7) is 8.94. The van der Waals surface area contributed by atoms with Gasteiger partial charge in [0.25, 0.3) is 0 Å². The van der Waals surface area contributed by atoms with Crippen molar-refractivity contribution in [2.75, 3.05) is 19.6 Å². The zero-order valence-electron chi connectivity index (χ0n) is 9.42. The molecule has 0 aromatic carbocycles. The Hall–Kier alpha value is -0.570. The van der Waals surface area contributed by atoms with Gasteiger partial charge in [-0.25, -0.2) is 0 Å². The first-order chi connectivity index (χ1) is 6.48. The van der Waals surface area contributed by atoms with Crippen molar-refractivity contribution >= 4 is 5.97 Å². The van der Waals surface area contributed by atoms with E-state index in [9.17, 15) is 4.79 Å². The summed E-state index contributed by atoms with van der Waals surface area (Å²) in [5.74, 6) is 0.0234. The molecular weight excluding hydrogens is 178 g/mol. The van der Waals surface area contributed by atoms with Crippen LogP contribution in [-0.2, 0) is 4.79 Å². The quantitative estimate of drug-likeness (QED) is 0.751. The van der Waals surface area contributed by atoms with Gasteiger partial charge >= 0.3 is 5.97 Å². The van der Waals surface area contributed by atoms with Gasteiger partial charge in [0.2, 0.25) is 0 Å². The summed E-state index contributed by atoms with van der Waals surface area (Å²) in [5.41, 5.74) is -0.506. The fourth-order valence-electron chi connectivity index (χ4n) is 1.96. The van der Waals surface area contributed by atoms with Crippen LogP contribution in [0.1, 0.15) is 33.6 Å². The number of likely N-dealkylation sites (tertiary alicyclic amines) is 1. The number of carbonyl (C=O) groups is 1. The summed E-state index contributed by atoms with van der Waals surface area (Å²) in [5, 5.41) is 9.05. The topological polar surface area (TPSA) is 40.5 Å². The smallest absolute Gasteiger partial charge is 0.310 e. The zero-order valence-corrected chi connectivity index (χ0v) is 9.42. The molecule has 2 atom stereocenters. The standard InChI is InChI=1S/C11H21NO2/c1-4-9(2)7-12-6-5-11(3,8-12)10(13)14/h9H,4-8H2,1-3H3,(H,13,14). The summed E-state index contributed by atoms with van der Waals surface area (Å²) in [6.07, 6.45) is 1.96. The number of carboxylic acids is 1. The monoisotopic (exact) mass is 199 g/mol. The summed E-state index contributed by atoms with van der Waals surface area (Å²) in [7, 11) is 0. The van der Waals surface area contributed by atoms with E-state index in [1.807, 2.05) is 6.92 Å². The van der Waals surface area contributed by atoms with Crippen LogP contribution in [0.5, 0.6) is 0 Å². The van der Waals surface area contributed by atoms with Gasteiger partial charge in [-0.3, -0.25) is 4.79 Å². The minimum absolute atomic E-state index is 0.506. The Morgan fingerprint density at radius 3 is 2.71 bits per heavy atom. The predicted molar refractivity (Wildman–Crippen MR) is 56.3 cm³/mol. The highest BCUT2D eigenvalue weighted by Crippen LogP contribution is 2.30. The van der Waals surface area contributed by atoms with Gasteiger partial charge in [0.05, 0.1) is 5.41 Å². The van der Waals surface area contributed by atoms with Crippen molar-refractivity contribution in [1.82, 2.24) is 4.90 Å². The van der Waals surface area contributed by atoms with E-state index in [1.165, 1.54) is 6.42 Å². The molecule has 0 aliphatic carbocycles. The van der Waals surface area contributed by atoms with E-state index >= 15 is 0 Å². The number of rotatable bonds is 4. The molecule has 2 unspecified atom stereocenters. The molecular formula is C11H21NO2. The highest BCUT2D eigenvalue weighted by Gasteiger charge is 2.40. The molecule has 82 valence electrons. The van der Waals surface area contributed by atoms with Crippen LogP contribution in [0, 0.1) is 11.3 Å². The Labute approximate surface area is 86.1 Å². The van der Waals surface area contributed by atoms with Gasteiger partial charge in [0.15, 0.2) is 0 Å². The number of nitrogens with zero attached hydrogens (tertiary/aromatic N) is 1. The first-order valence-electron chi connectivity index (χ1n) is 5.43. The van der Waals surface area contributed by atoms with Crippen LogP contribution in [0.15, 0.2) is 0 Å². The second kappa shape index (κ2) is 4.30. The third-order valence-electron chi connectivity index (χ3n) is 3.34. The van der Waals surface area contributed by atoms with Gasteiger partial charge in [-0.15, -0.1) is 0 Å². The normalized spacial score (nSPS) is 30.5. The lowest BCUT2D eigenvalue weighted by atomic mass is 9.90. The number of carboxylic acid groups (broad SMARTS) is 1. The molecule has 1 fully saturated rings. The molecule has 0 aromatic rings. The van der Waals surface area contributed by atoms with Crippen molar-refractivity contribution < 1.29 is 9.90 Å². The van der Waals surface area contributed by atoms with E-state index in [2.05, 4.69) is 18.7 Å². The first kappa shape index (κ1) is 11.5. The Morgan fingerprint density at radius 1 is 1.64 bits per heavy atom. The van der Waals surface area contributed by atoms with E-state index in [0.29, 0.717) is 12.5 Å². The summed E-state index contributed by atoms with van der Waals surface area (Å²) < 4.78 is 0. The molecule has 1 aliphatic heterocycles. The minimum atomic E-state index is -0.649. The molecule has 0 amide bonds. The van der Waals surface area contributed by atoms with Crippen LogP contribution in [0.25, 0.3) is 0 Å². The maximum atomic E-state index is 11.0. The Morgan fingerprint density at radius 2 is 2.29 bits per heavy atom. The molecule has 0 aromatic heterocycles. The van der Waals surface area contributed by atoms with Crippen molar-refractivity contribution in [2.24, 2.45) is 11.3 Å². The molecule has 1 rings (SSSR count). The van der Waals surface area contributed by atoms with Crippen LogP contribution < -0.4 is 0 Å². The van der Waals surface area contributed by atoms with Crippen LogP contribution >= 0.6 is 0 Å². The van der Waals surface area contributed by atoms with Crippen molar-refractivity contribution in [3.05, 3.63) is 0 Å². The maximum Gasteiger partial charge on any atom is 0.310 e. The van der Waals surface area contributed by atoms with Crippen LogP contribution in [0.3, 0.4) is 0 Å². The number of hydrogen-bond acceptors (Lipinski definition) is 2. The summed E-state index contributed by atoms with van der Waals surface area (Å²) in [4.78, 5) is 13.3. The van der Waals surface area contributed by atoms with Gasteiger partial charge in [-0.1, -0.05) is 20.3 Å².